The third-order valence-corrected chi connectivity index (χ3v) is 9.49. The van der Waals surface area contributed by atoms with Crippen LogP contribution in [0.2, 0.25) is 0 Å². The minimum atomic E-state index is 0.437. The van der Waals surface area contributed by atoms with E-state index in [4.69, 9.17) is 4.74 Å². The normalized spacial score (nSPS) is 41.1. The lowest BCUT2D eigenvalue weighted by Gasteiger charge is -2.58. The molecule has 1 atom stereocenters. The standard InChI is InChI=1S/C22H37N3O/c1-3-21(14-25(15-21)19-11-22(16-26-19)12-24-13-22)4-2-17(1)18-9-20(10-18)5-7-23-8-6-20/h17-19,23-24H,1-16H2. The van der Waals surface area contributed by atoms with Crippen LogP contribution >= 0.6 is 0 Å². The Bertz CT molecular complexity index is 530. The van der Waals surface area contributed by atoms with Gasteiger partial charge in [0, 0.05) is 31.6 Å². The van der Waals surface area contributed by atoms with Crippen molar-refractivity contribution in [2.24, 2.45) is 28.1 Å². The molecule has 1 unspecified atom stereocenters. The van der Waals surface area contributed by atoms with Crippen molar-refractivity contribution in [3.8, 4) is 0 Å². The van der Waals surface area contributed by atoms with Gasteiger partial charge in [-0.05, 0) is 93.5 Å². The monoisotopic (exact) mass is 359 g/mol. The molecule has 0 aromatic carbocycles. The molecule has 6 fully saturated rings. The molecule has 0 aromatic rings. The highest BCUT2D eigenvalue weighted by atomic mass is 16.5. The first-order valence-corrected chi connectivity index (χ1v) is 11.4. The quantitative estimate of drug-likeness (QED) is 0.795. The molecule has 4 nitrogen and oxygen atoms in total. The number of hydrogen-bond donors (Lipinski definition) is 2. The Balaban J connectivity index is 0.971. The molecule has 2 saturated carbocycles. The van der Waals surface area contributed by atoms with Crippen LogP contribution in [0.4, 0.5) is 0 Å². The zero-order valence-electron chi connectivity index (χ0n) is 16.4. The summed E-state index contributed by atoms with van der Waals surface area (Å²) >= 11 is 0. The summed E-state index contributed by atoms with van der Waals surface area (Å²) in [5, 5.41) is 6.99. The van der Waals surface area contributed by atoms with Crippen molar-refractivity contribution in [2.75, 3.05) is 45.9 Å². The number of ether oxygens (including phenoxy) is 1. The van der Waals surface area contributed by atoms with E-state index in [0.29, 0.717) is 17.1 Å². The summed E-state index contributed by atoms with van der Waals surface area (Å²) in [4.78, 5) is 2.67. The molecule has 2 N–H and O–H groups in total. The van der Waals surface area contributed by atoms with Crippen LogP contribution in [0.25, 0.3) is 0 Å². The molecule has 26 heavy (non-hydrogen) atoms. The molecule has 0 bridgehead atoms. The molecule has 4 aliphatic heterocycles. The van der Waals surface area contributed by atoms with Crippen molar-refractivity contribution in [1.29, 1.82) is 0 Å². The van der Waals surface area contributed by atoms with E-state index >= 15 is 0 Å². The zero-order valence-corrected chi connectivity index (χ0v) is 16.4. The van der Waals surface area contributed by atoms with Gasteiger partial charge >= 0.3 is 0 Å². The van der Waals surface area contributed by atoms with Crippen LogP contribution in [0.1, 0.15) is 57.8 Å². The fourth-order valence-corrected chi connectivity index (χ4v) is 7.53. The van der Waals surface area contributed by atoms with E-state index in [1.165, 1.54) is 84.2 Å². The Hall–Kier alpha value is -0.160. The van der Waals surface area contributed by atoms with Crippen LogP contribution in [0, 0.1) is 28.1 Å². The molecule has 0 aromatic heterocycles. The lowest BCUT2D eigenvalue weighted by molar-refractivity contribution is -0.139. The molecule has 3 spiro atoms. The average molecular weight is 360 g/mol. The fraction of sp³-hybridized carbons (Fsp3) is 1.00. The molecule has 0 amide bonds. The second kappa shape index (κ2) is 5.92. The minimum Gasteiger partial charge on any atom is -0.362 e. The van der Waals surface area contributed by atoms with E-state index < -0.39 is 0 Å². The van der Waals surface area contributed by atoms with Crippen LogP contribution in [-0.4, -0.2) is 57.0 Å². The molecule has 4 saturated heterocycles. The number of likely N-dealkylation sites (tertiary alicyclic amines) is 1. The molecule has 2 aliphatic carbocycles. The number of piperidine rings is 1. The molecular weight excluding hydrogens is 322 g/mol. The SMILES string of the molecule is C1CC2(CCN1)CC(C1CCC3(CC1)CN(C1CC4(CNC4)CO1)C3)C2. The minimum absolute atomic E-state index is 0.437. The Labute approximate surface area is 158 Å². The summed E-state index contributed by atoms with van der Waals surface area (Å²) in [6, 6.07) is 0. The summed E-state index contributed by atoms with van der Waals surface area (Å²) in [6.45, 7) is 8.57. The van der Waals surface area contributed by atoms with E-state index in [1.807, 2.05) is 0 Å². The van der Waals surface area contributed by atoms with Gasteiger partial charge < -0.3 is 15.4 Å². The molecule has 146 valence electrons. The van der Waals surface area contributed by atoms with E-state index in [1.54, 1.807) is 12.8 Å². The fourth-order valence-electron chi connectivity index (χ4n) is 7.53. The lowest BCUT2D eigenvalue weighted by Crippen LogP contribution is -2.61. The van der Waals surface area contributed by atoms with E-state index in [0.717, 1.165) is 23.9 Å². The van der Waals surface area contributed by atoms with Crippen molar-refractivity contribution >= 4 is 0 Å². The van der Waals surface area contributed by atoms with Crippen LogP contribution in [0.5, 0.6) is 0 Å². The Morgan fingerprint density at radius 2 is 1.46 bits per heavy atom. The van der Waals surface area contributed by atoms with Crippen molar-refractivity contribution in [1.82, 2.24) is 15.5 Å². The smallest absolute Gasteiger partial charge is 0.111 e. The number of nitrogens with zero attached hydrogens (tertiary/aromatic N) is 1. The van der Waals surface area contributed by atoms with Gasteiger partial charge in [-0.2, -0.15) is 0 Å². The predicted molar refractivity (Wildman–Crippen MR) is 103 cm³/mol. The summed E-state index contributed by atoms with van der Waals surface area (Å²) in [5.41, 5.74) is 1.94. The van der Waals surface area contributed by atoms with E-state index in [2.05, 4.69) is 15.5 Å². The lowest BCUT2D eigenvalue weighted by atomic mass is 9.51. The first-order valence-electron chi connectivity index (χ1n) is 11.4. The topological polar surface area (TPSA) is 36.5 Å². The third kappa shape index (κ3) is 2.62. The number of rotatable bonds is 2. The summed E-state index contributed by atoms with van der Waals surface area (Å²) < 4.78 is 6.18. The Morgan fingerprint density at radius 3 is 2.08 bits per heavy atom. The van der Waals surface area contributed by atoms with Crippen LogP contribution in [-0.2, 0) is 4.74 Å². The molecule has 6 aliphatic rings. The van der Waals surface area contributed by atoms with E-state index in [-0.39, 0.29) is 0 Å². The van der Waals surface area contributed by atoms with Gasteiger partial charge in [0.1, 0.15) is 6.23 Å². The summed E-state index contributed by atoms with van der Waals surface area (Å²) in [7, 11) is 0. The third-order valence-electron chi connectivity index (χ3n) is 9.49. The Morgan fingerprint density at radius 1 is 0.731 bits per heavy atom. The molecule has 0 radical (unpaired) electrons. The second-order valence-electron chi connectivity index (χ2n) is 11.2. The van der Waals surface area contributed by atoms with Crippen LogP contribution < -0.4 is 10.6 Å². The summed E-state index contributed by atoms with van der Waals surface area (Å²) in [5.74, 6) is 2.13. The molecular formula is C22H37N3O. The van der Waals surface area contributed by atoms with Crippen molar-refractivity contribution in [3.05, 3.63) is 0 Å². The van der Waals surface area contributed by atoms with Gasteiger partial charge in [-0.1, -0.05) is 0 Å². The second-order valence-corrected chi connectivity index (χ2v) is 11.2. The van der Waals surface area contributed by atoms with Crippen LogP contribution in [0.15, 0.2) is 0 Å². The average Bonchev–Trinajstić information content (AvgIpc) is 3.04. The predicted octanol–water partition coefficient (Wildman–Crippen LogP) is 2.59. The maximum atomic E-state index is 6.18. The molecule has 4 heterocycles. The maximum Gasteiger partial charge on any atom is 0.111 e. The zero-order chi connectivity index (χ0) is 17.2. The van der Waals surface area contributed by atoms with Crippen LogP contribution in [0.3, 0.4) is 0 Å². The van der Waals surface area contributed by atoms with Gasteiger partial charge in [0.2, 0.25) is 0 Å². The van der Waals surface area contributed by atoms with Gasteiger partial charge in [-0.15, -0.1) is 0 Å². The maximum absolute atomic E-state index is 6.18. The van der Waals surface area contributed by atoms with Crippen molar-refractivity contribution in [3.63, 3.8) is 0 Å². The van der Waals surface area contributed by atoms with Gasteiger partial charge in [0.25, 0.3) is 0 Å². The first kappa shape index (κ1) is 16.8. The van der Waals surface area contributed by atoms with Gasteiger partial charge in [0.15, 0.2) is 0 Å². The van der Waals surface area contributed by atoms with E-state index in [9.17, 15) is 0 Å². The van der Waals surface area contributed by atoms with Gasteiger partial charge in [0.05, 0.1) is 6.61 Å². The number of nitrogens with one attached hydrogen (secondary N) is 2. The molecule has 4 heteroatoms. The largest absolute Gasteiger partial charge is 0.362 e. The van der Waals surface area contributed by atoms with Gasteiger partial charge in [-0.25, -0.2) is 0 Å². The summed E-state index contributed by atoms with van der Waals surface area (Å²) in [6.07, 6.45) is 13.8. The highest BCUT2D eigenvalue weighted by Crippen LogP contribution is 2.58. The Kier molecular flexibility index (Phi) is 3.82. The number of hydrogen-bond acceptors (Lipinski definition) is 4. The highest BCUT2D eigenvalue weighted by molar-refractivity contribution is 5.05. The van der Waals surface area contributed by atoms with Crippen molar-refractivity contribution < 1.29 is 4.74 Å². The molecule has 6 rings (SSSR count). The van der Waals surface area contributed by atoms with Gasteiger partial charge in [-0.3, -0.25) is 4.90 Å². The first-order chi connectivity index (χ1) is 12.7. The van der Waals surface area contributed by atoms with Crippen molar-refractivity contribution in [2.45, 2.75) is 64.0 Å². The highest BCUT2D eigenvalue weighted by Gasteiger charge is 2.54.